The van der Waals surface area contributed by atoms with Gasteiger partial charge in [-0.1, -0.05) is 35.0 Å². The van der Waals surface area contributed by atoms with Crippen LogP contribution in [-0.2, 0) is 6.54 Å². The molecule has 0 aliphatic rings. The average Bonchev–Trinajstić information content (AvgIpc) is 3.23. The minimum Gasteiger partial charge on any atom is -0.454 e. The lowest BCUT2D eigenvalue weighted by molar-refractivity contribution is -0.154. The first-order valence-electron chi connectivity index (χ1n) is 9.26. The highest BCUT2D eigenvalue weighted by Gasteiger charge is 2.29. The van der Waals surface area contributed by atoms with Gasteiger partial charge < -0.3 is 9.26 Å². The molecule has 32 heavy (non-hydrogen) atoms. The fourth-order valence-electron chi connectivity index (χ4n) is 2.65. The molecule has 0 spiro atoms. The minimum absolute atomic E-state index is 0.0703. The molecule has 12 heteroatoms. The summed E-state index contributed by atoms with van der Waals surface area (Å²) in [7, 11) is 0. The molecule has 3 aromatic heterocycles. The van der Waals surface area contributed by atoms with Gasteiger partial charge in [0.2, 0.25) is 11.7 Å². The molecule has 0 radical (unpaired) electrons. The predicted molar refractivity (Wildman–Crippen MR) is 105 cm³/mol. The van der Waals surface area contributed by atoms with Crippen LogP contribution in [0.15, 0.2) is 58.1 Å². The molecule has 9 nitrogen and oxygen atoms in total. The van der Waals surface area contributed by atoms with E-state index in [1.165, 1.54) is 24.5 Å². The van der Waals surface area contributed by atoms with Crippen molar-refractivity contribution in [1.29, 1.82) is 0 Å². The number of alkyl halides is 3. The van der Waals surface area contributed by atoms with Gasteiger partial charge in [0.05, 0.1) is 5.69 Å². The topological polar surface area (TPSA) is 109 Å². The van der Waals surface area contributed by atoms with Crippen LogP contribution in [0.2, 0.25) is 0 Å². The van der Waals surface area contributed by atoms with Crippen molar-refractivity contribution in [3.05, 3.63) is 70.6 Å². The standard InChI is InChI=1S/C20H15F3N6O3/c1-12-2-4-13(5-3-12)18-26-16(32-28-18)10-29-17(30)7-6-15(27-29)14-8-24-19(25-9-14)31-11-20(21,22)23/h2-9H,10-11H2,1H3. The van der Waals surface area contributed by atoms with E-state index < -0.39 is 24.4 Å². The number of rotatable bonds is 6. The molecule has 0 N–H and O–H groups in total. The Morgan fingerprint density at radius 1 is 1.03 bits per heavy atom. The third-order valence-electron chi connectivity index (χ3n) is 4.22. The molecule has 0 bridgehead atoms. The van der Waals surface area contributed by atoms with Gasteiger partial charge in [-0.2, -0.15) is 23.3 Å². The Labute approximate surface area is 178 Å². The Hall–Kier alpha value is -4.09. The summed E-state index contributed by atoms with van der Waals surface area (Å²) in [6.45, 7) is 0.397. The first-order valence-corrected chi connectivity index (χ1v) is 9.26. The lowest BCUT2D eigenvalue weighted by Crippen LogP contribution is -2.23. The van der Waals surface area contributed by atoms with Gasteiger partial charge in [0.25, 0.3) is 5.56 Å². The van der Waals surface area contributed by atoms with Gasteiger partial charge in [-0.05, 0) is 13.0 Å². The van der Waals surface area contributed by atoms with Gasteiger partial charge in [0, 0.05) is 29.6 Å². The highest BCUT2D eigenvalue weighted by Crippen LogP contribution is 2.19. The summed E-state index contributed by atoms with van der Waals surface area (Å²) in [6.07, 6.45) is -2.00. The third-order valence-corrected chi connectivity index (χ3v) is 4.22. The van der Waals surface area contributed by atoms with Crippen LogP contribution >= 0.6 is 0 Å². The molecule has 0 atom stereocenters. The normalized spacial score (nSPS) is 11.5. The molecule has 1 aromatic carbocycles. The second-order valence-electron chi connectivity index (χ2n) is 6.75. The number of aromatic nitrogens is 6. The number of benzene rings is 1. The monoisotopic (exact) mass is 444 g/mol. The SMILES string of the molecule is Cc1ccc(-c2noc(Cn3nc(-c4cnc(OCC(F)(F)F)nc4)ccc3=O)n2)cc1. The second kappa shape index (κ2) is 8.57. The van der Waals surface area contributed by atoms with Crippen LogP contribution in [0.3, 0.4) is 0 Å². The molecular formula is C20H15F3N6O3. The van der Waals surface area contributed by atoms with Gasteiger partial charge in [0.15, 0.2) is 6.61 Å². The number of halogens is 3. The number of hydrogen-bond donors (Lipinski definition) is 0. The van der Waals surface area contributed by atoms with E-state index in [1.54, 1.807) is 0 Å². The van der Waals surface area contributed by atoms with E-state index >= 15 is 0 Å². The van der Waals surface area contributed by atoms with Crippen LogP contribution in [0.25, 0.3) is 22.6 Å². The van der Waals surface area contributed by atoms with Crippen LogP contribution in [0.4, 0.5) is 13.2 Å². The Morgan fingerprint density at radius 2 is 1.75 bits per heavy atom. The van der Waals surface area contributed by atoms with Gasteiger partial charge in [-0.25, -0.2) is 14.6 Å². The minimum atomic E-state index is -4.49. The molecule has 0 saturated carbocycles. The molecule has 164 valence electrons. The zero-order chi connectivity index (χ0) is 22.7. The summed E-state index contributed by atoms with van der Waals surface area (Å²) in [5, 5.41) is 8.15. The van der Waals surface area contributed by atoms with E-state index in [9.17, 15) is 18.0 Å². The fourth-order valence-corrected chi connectivity index (χ4v) is 2.65. The molecule has 0 aliphatic heterocycles. The van der Waals surface area contributed by atoms with Gasteiger partial charge in [-0.3, -0.25) is 4.79 Å². The van der Waals surface area contributed by atoms with Crippen molar-refractivity contribution in [2.24, 2.45) is 0 Å². The maximum atomic E-state index is 12.2. The number of hydrogen-bond acceptors (Lipinski definition) is 8. The summed E-state index contributed by atoms with van der Waals surface area (Å²) in [5.41, 5.74) is 2.16. The zero-order valence-electron chi connectivity index (χ0n) is 16.6. The van der Waals surface area contributed by atoms with Gasteiger partial charge in [-0.15, -0.1) is 0 Å². The zero-order valence-corrected chi connectivity index (χ0v) is 16.6. The summed E-state index contributed by atoms with van der Waals surface area (Å²) < 4.78 is 47.5. The van der Waals surface area contributed by atoms with E-state index in [0.717, 1.165) is 15.8 Å². The largest absolute Gasteiger partial charge is 0.454 e. The van der Waals surface area contributed by atoms with E-state index in [-0.39, 0.29) is 12.4 Å². The van der Waals surface area contributed by atoms with E-state index in [1.807, 2.05) is 31.2 Å². The highest BCUT2D eigenvalue weighted by atomic mass is 19.4. The van der Waals surface area contributed by atoms with Crippen LogP contribution in [-0.4, -0.2) is 42.7 Å². The molecule has 0 amide bonds. The van der Waals surface area contributed by atoms with E-state index in [2.05, 4.69) is 29.9 Å². The predicted octanol–water partition coefficient (Wildman–Crippen LogP) is 3.05. The number of nitrogens with zero attached hydrogens (tertiary/aromatic N) is 6. The van der Waals surface area contributed by atoms with Gasteiger partial charge in [0.1, 0.15) is 6.54 Å². The fraction of sp³-hybridized carbons (Fsp3) is 0.200. The van der Waals surface area contributed by atoms with Crippen molar-refractivity contribution in [1.82, 2.24) is 29.9 Å². The van der Waals surface area contributed by atoms with Crippen LogP contribution < -0.4 is 10.3 Å². The van der Waals surface area contributed by atoms with Crippen molar-refractivity contribution in [3.63, 3.8) is 0 Å². The van der Waals surface area contributed by atoms with Gasteiger partial charge >= 0.3 is 12.2 Å². The Balaban J connectivity index is 1.51. The maximum Gasteiger partial charge on any atom is 0.422 e. The van der Waals surface area contributed by atoms with Crippen LogP contribution in [0.1, 0.15) is 11.5 Å². The summed E-state index contributed by atoms with van der Waals surface area (Å²) in [6, 6.07) is 9.86. The Kier molecular flexibility index (Phi) is 5.67. The third kappa shape index (κ3) is 5.14. The van der Waals surface area contributed by atoms with Crippen molar-refractivity contribution in [3.8, 4) is 28.7 Å². The Bertz CT molecular complexity index is 1270. The van der Waals surface area contributed by atoms with E-state index in [4.69, 9.17) is 4.52 Å². The molecule has 0 saturated heterocycles. The molecule has 4 aromatic rings. The second-order valence-corrected chi connectivity index (χ2v) is 6.75. The van der Waals surface area contributed by atoms with Crippen molar-refractivity contribution in [2.45, 2.75) is 19.6 Å². The highest BCUT2D eigenvalue weighted by molar-refractivity contribution is 5.56. The first-order chi connectivity index (χ1) is 15.3. The lowest BCUT2D eigenvalue weighted by atomic mass is 10.1. The van der Waals surface area contributed by atoms with Crippen LogP contribution in [0.5, 0.6) is 6.01 Å². The number of aryl methyl sites for hydroxylation is 1. The molecule has 0 unspecified atom stereocenters. The van der Waals surface area contributed by atoms with Crippen LogP contribution in [0, 0.1) is 6.92 Å². The summed E-state index contributed by atoms with van der Waals surface area (Å²) in [5.74, 6) is 0.562. The molecule has 0 aliphatic carbocycles. The molecule has 3 heterocycles. The lowest BCUT2D eigenvalue weighted by Gasteiger charge is -2.08. The van der Waals surface area contributed by atoms with Crippen molar-refractivity contribution < 1.29 is 22.4 Å². The molecular weight excluding hydrogens is 429 g/mol. The smallest absolute Gasteiger partial charge is 0.422 e. The molecule has 4 rings (SSSR count). The maximum absolute atomic E-state index is 12.2. The van der Waals surface area contributed by atoms with Crippen molar-refractivity contribution >= 4 is 0 Å². The summed E-state index contributed by atoms with van der Waals surface area (Å²) in [4.78, 5) is 24.0. The number of ether oxygens (including phenoxy) is 1. The first kappa shape index (κ1) is 21.2. The van der Waals surface area contributed by atoms with Crippen molar-refractivity contribution in [2.75, 3.05) is 6.61 Å². The molecule has 0 fully saturated rings. The van der Waals surface area contributed by atoms with E-state index in [0.29, 0.717) is 17.1 Å². The summed E-state index contributed by atoms with van der Waals surface area (Å²) >= 11 is 0. The quantitative estimate of drug-likeness (QED) is 0.447. The average molecular weight is 444 g/mol. The Morgan fingerprint density at radius 3 is 2.44 bits per heavy atom.